The van der Waals surface area contributed by atoms with Crippen LogP contribution < -0.4 is 0 Å². The summed E-state index contributed by atoms with van der Waals surface area (Å²) in [6.45, 7) is 20.1. The summed E-state index contributed by atoms with van der Waals surface area (Å²) >= 11 is 0. The Bertz CT molecular complexity index is 145. The minimum atomic E-state index is -0.842. The van der Waals surface area contributed by atoms with Gasteiger partial charge in [-0.05, 0) is 6.15 Å². The minimum Gasteiger partial charge on any atom is -0.191 e. The Morgan fingerprint density at radius 1 is 0.692 bits per heavy atom. The van der Waals surface area contributed by atoms with Crippen molar-refractivity contribution in [1.29, 1.82) is 0 Å². The Morgan fingerprint density at radius 3 is 1.08 bits per heavy atom. The summed E-state index contributed by atoms with van der Waals surface area (Å²) in [5, 5.41) is 0. The van der Waals surface area contributed by atoms with Crippen molar-refractivity contribution in [2.75, 3.05) is 0 Å². The van der Waals surface area contributed by atoms with Crippen molar-refractivity contribution < 1.29 is 0 Å². The predicted molar refractivity (Wildman–Crippen MR) is 73.8 cm³/mol. The SMILES string of the molecule is C[B-](C)(C[Si](C)(C)C)C[Si](C)(C)C. The van der Waals surface area contributed by atoms with Gasteiger partial charge in [0.1, 0.15) is 0 Å². The summed E-state index contributed by atoms with van der Waals surface area (Å²) in [5.74, 6) is 3.08. The summed E-state index contributed by atoms with van der Waals surface area (Å²) in [6.07, 6.45) is -0.0571. The molecule has 0 N–H and O–H groups in total. The molecule has 0 unspecified atom stereocenters. The van der Waals surface area contributed by atoms with E-state index in [4.69, 9.17) is 0 Å². The van der Waals surface area contributed by atoms with Crippen molar-refractivity contribution in [3.8, 4) is 0 Å². The van der Waals surface area contributed by atoms with Crippen LogP contribution in [0.3, 0.4) is 0 Å². The molecular formula is C10H28BSi2-. The highest BCUT2D eigenvalue weighted by atomic mass is 28.3. The number of hydrogen-bond acceptors (Lipinski definition) is 0. The smallest absolute Gasteiger partial charge is 0.00983 e. The Kier molecular flexibility index (Phi) is 4.08. The summed E-state index contributed by atoms with van der Waals surface area (Å²) in [7, 11) is -1.68. The van der Waals surface area contributed by atoms with Gasteiger partial charge in [0, 0.05) is 16.1 Å². The third-order valence-electron chi connectivity index (χ3n) is 2.33. The summed E-state index contributed by atoms with van der Waals surface area (Å²) in [4.78, 5) is 0. The van der Waals surface area contributed by atoms with E-state index in [0.29, 0.717) is 0 Å². The maximum Gasteiger partial charge on any atom is 0.00983 e. The van der Waals surface area contributed by atoms with Gasteiger partial charge in [-0.3, -0.25) is 0 Å². The van der Waals surface area contributed by atoms with Gasteiger partial charge >= 0.3 is 0 Å². The fourth-order valence-corrected chi connectivity index (χ4v) is 10.6. The number of hydrogen-bond donors (Lipinski definition) is 0. The molecule has 80 valence electrons. The molecule has 0 aromatic heterocycles. The van der Waals surface area contributed by atoms with Gasteiger partial charge in [-0.15, -0.1) is 0 Å². The molecule has 0 aliphatic carbocycles. The Labute approximate surface area is 87.4 Å². The second-order valence-corrected chi connectivity index (χ2v) is 19.1. The molecule has 0 bridgehead atoms. The van der Waals surface area contributed by atoms with Crippen LogP contribution in [-0.2, 0) is 0 Å². The van der Waals surface area contributed by atoms with Gasteiger partial charge in [-0.1, -0.05) is 39.3 Å². The first-order valence-electron chi connectivity index (χ1n) is 5.68. The Hall–Kier alpha value is 0.499. The second-order valence-electron chi connectivity index (χ2n) is 8.03. The average molecular weight is 215 g/mol. The third-order valence-corrected chi connectivity index (χ3v) is 6.99. The fourth-order valence-electron chi connectivity index (χ4n) is 3.39. The van der Waals surface area contributed by atoms with E-state index in [2.05, 4.69) is 52.9 Å². The number of rotatable bonds is 4. The second kappa shape index (κ2) is 3.93. The minimum absolute atomic E-state index is 0.0571. The maximum atomic E-state index is 2.52. The van der Waals surface area contributed by atoms with E-state index in [9.17, 15) is 0 Å². The van der Waals surface area contributed by atoms with Gasteiger partial charge in [0.25, 0.3) is 0 Å². The Balaban J connectivity index is 4.25. The highest BCUT2D eigenvalue weighted by molar-refractivity contribution is 7.01. The van der Waals surface area contributed by atoms with Crippen molar-refractivity contribution in [1.82, 2.24) is 0 Å². The van der Waals surface area contributed by atoms with Crippen LogP contribution in [0.5, 0.6) is 0 Å². The summed E-state index contributed by atoms with van der Waals surface area (Å²) in [6, 6.07) is 0. The van der Waals surface area contributed by atoms with Crippen molar-refractivity contribution in [3.05, 3.63) is 0 Å². The fraction of sp³-hybridized carbons (Fsp3) is 1.00. The lowest BCUT2D eigenvalue weighted by molar-refractivity contribution is 1.44. The first kappa shape index (κ1) is 13.5. The predicted octanol–water partition coefficient (Wildman–Crippen LogP) is 4.45. The van der Waals surface area contributed by atoms with Crippen LogP contribution in [-0.4, -0.2) is 22.3 Å². The zero-order valence-corrected chi connectivity index (χ0v) is 13.0. The molecule has 0 nitrogen and oxygen atoms in total. The van der Waals surface area contributed by atoms with Gasteiger partial charge in [0.05, 0.1) is 0 Å². The van der Waals surface area contributed by atoms with Crippen molar-refractivity contribution in [2.24, 2.45) is 0 Å². The molecule has 0 aliphatic rings. The van der Waals surface area contributed by atoms with Crippen LogP contribution in [0.25, 0.3) is 0 Å². The molecule has 0 radical (unpaired) electrons. The molecule has 0 heterocycles. The molecule has 3 heteroatoms. The topological polar surface area (TPSA) is 0 Å². The zero-order valence-electron chi connectivity index (χ0n) is 11.0. The molecule has 0 aromatic rings. The molecule has 0 saturated carbocycles. The first-order valence-corrected chi connectivity index (χ1v) is 13.1. The normalized spacial score (nSPS) is 14.8. The standard InChI is InChI=1S/C10H28BSi2/c1-11(2,9-12(3,4)5)10-13(6,7)8/h9-10H2,1-8H3/q-1. The lowest BCUT2D eigenvalue weighted by Crippen LogP contribution is -2.43. The molecule has 13 heavy (non-hydrogen) atoms. The molecule has 0 atom stereocenters. The van der Waals surface area contributed by atoms with Crippen molar-refractivity contribution in [3.63, 3.8) is 0 Å². The molecule has 0 aliphatic heterocycles. The van der Waals surface area contributed by atoms with Gasteiger partial charge in [0.15, 0.2) is 0 Å². The highest BCUT2D eigenvalue weighted by Crippen LogP contribution is 2.27. The molecule has 0 amide bonds. The molecule has 0 rings (SSSR count). The van der Waals surface area contributed by atoms with Crippen molar-refractivity contribution in [2.45, 2.75) is 64.8 Å². The zero-order chi connectivity index (χ0) is 10.9. The van der Waals surface area contributed by atoms with E-state index in [1.807, 2.05) is 0 Å². The van der Waals surface area contributed by atoms with E-state index < -0.39 is 16.1 Å². The molecular weight excluding hydrogens is 187 g/mol. The molecule has 0 fully saturated rings. The van der Waals surface area contributed by atoms with E-state index >= 15 is 0 Å². The maximum absolute atomic E-state index is 2.52. The van der Waals surface area contributed by atoms with Crippen LogP contribution in [0.4, 0.5) is 0 Å². The van der Waals surface area contributed by atoms with Crippen LogP contribution in [0.1, 0.15) is 0 Å². The van der Waals surface area contributed by atoms with Crippen LogP contribution in [0.15, 0.2) is 0 Å². The van der Waals surface area contributed by atoms with Crippen LogP contribution in [0, 0.1) is 0 Å². The molecule has 0 aromatic carbocycles. The average Bonchev–Trinajstić information content (AvgIpc) is 1.43. The first-order chi connectivity index (χ1) is 5.41. The third kappa shape index (κ3) is 8.82. The lowest BCUT2D eigenvalue weighted by Gasteiger charge is -2.40. The van der Waals surface area contributed by atoms with E-state index in [-0.39, 0.29) is 6.15 Å². The summed E-state index contributed by atoms with van der Waals surface area (Å²) < 4.78 is 0. The molecule has 0 spiro atoms. The quantitative estimate of drug-likeness (QED) is 0.608. The highest BCUT2D eigenvalue weighted by Gasteiger charge is 2.26. The van der Waals surface area contributed by atoms with Crippen LogP contribution in [0.2, 0.25) is 64.8 Å². The van der Waals surface area contributed by atoms with E-state index in [0.717, 1.165) is 0 Å². The van der Waals surface area contributed by atoms with Crippen molar-refractivity contribution >= 4 is 22.3 Å². The van der Waals surface area contributed by atoms with E-state index in [1.165, 1.54) is 11.9 Å². The van der Waals surface area contributed by atoms with Gasteiger partial charge in [-0.2, -0.15) is 25.5 Å². The van der Waals surface area contributed by atoms with Crippen LogP contribution >= 0.6 is 0 Å². The summed E-state index contributed by atoms with van der Waals surface area (Å²) in [5.41, 5.74) is 0. The largest absolute Gasteiger partial charge is 0.191 e. The Morgan fingerprint density at radius 2 is 0.923 bits per heavy atom. The lowest BCUT2D eigenvalue weighted by atomic mass is 9.31. The van der Waals surface area contributed by atoms with Gasteiger partial charge < -0.3 is 0 Å². The molecule has 0 saturated heterocycles. The van der Waals surface area contributed by atoms with E-state index in [1.54, 1.807) is 0 Å². The van der Waals surface area contributed by atoms with Gasteiger partial charge in [-0.25, -0.2) is 0 Å². The monoisotopic (exact) mass is 215 g/mol. The van der Waals surface area contributed by atoms with Gasteiger partial charge in [0.2, 0.25) is 0 Å².